The highest BCUT2D eigenvalue weighted by Gasteiger charge is 2.50. The molecule has 0 aromatic heterocycles. The first kappa shape index (κ1) is 24.7. The lowest BCUT2D eigenvalue weighted by Gasteiger charge is -2.33. The summed E-state index contributed by atoms with van der Waals surface area (Å²) in [5.41, 5.74) is -0.427. The van der Waals surface area contributed by atoms with Gasteiger partial charge < -0.3 is 28.8 Å². The topological polar surface area (TPSA) is 118 Å². The first-order valence-corrected chi connectivity index (χ1v) is 10.6. The van der Waals surface area contributed by atoms with Crippen LogP contribution in [-0.4, -0.2) is 60.8 Å². The van der Waals surface area contributed by atoms with Gasteiger partial charge in [0.25, 0.3) is 0 Å². The highest BCUT2D eigenvalue weighted by Crippen LogP contribution is 2.43. The van der Waals surface area contributed by atoms with Crippen LogP contribution in [0.3, 0.4) is 0 Å². The lowest BCUT2D eigenvalue weighted by atomic mass is 9.86. The van der Waals surface area contributed by atoms with Crippen molar-refractivity contribution >= 4 is 17.9 Å². The number of esters is 3. The van der Waals surface area contributed by atoms with Gasteiger partial charge in [0.1, 0.15) is 17.4 Å². The molecule has 0 amide bonds. The summed E-state index contributed by atoms with van der Waals surface area (Å²) in [4.78, 5) is 36.9. The van der Waals surface area contributed by atoms with Crippen molar-refractivity contribution in [2.75, 3.05) is 14.2 Å². The van der Waals surface area contributed by atoms with Crippen molar-refractivity contribution in [3.05, 3.63) is 47.3 Å². The van der Waals surface area contributed by atoms with Crippen LogP contribution in [0.5, 0.6) is 0 Å². The standard InChI is InChI=1S/C24H30O9/c1-13(2)15-7-8-17-20(31-14(3)25)19(32-21(17)26)12-23(4,28)11-16-9-18(22(27)29-5)24(10-15,30-6)33-16/h8-9,11,15,19-20,28H,1,7,10,12H2,2-6H3. The van der Waals surface area contributed by atoms with Crippen LogP contribution in [0, 0.1) is 5.92 Å². The van der Waals surface area contributed by atoms with Gasteiger partial charge in [-0.15, -0.1) is 0 Å². The lowest BCUT2D eigenvalue weighted by molar-refractivity contribution is -0.178. The van der Waals surface area contributed by atoms with Crippen LogP contribution in [0.15, 0.2) is 47.3 Å². The van der Waals surface area contributed by atoms with Crippen molar-refractivity contribution in [3.63, 3.8) is 0 Å². The van der Waals surface area contributed by atoms with E-state index in [4.69, 9.17) is 23.7 Å². The second-order valence-corrected chi connectivity index (χ2v) is 8.83. The lowest BCUT2D eigenvalue weighted by Crippen LogP contribution is -2.39. The van der Waals surface area contributed by atoms with Crippen LogP contribution in [0.1, 0.15) is 40.0 Å². The molecule has 33 heavy (non-hydrogen) atoms. The van der Waals surface area contributed by atoms with E-state index >= 15 is 0 Å². The maximum atomic E-state index is 12.6. The third-order valence-corrected chi connectivity index (χ3v) is 6.05. The molecule has 180 valence electrons. The Morgan fingerprint density at radius 3 is 2.52 bits per heavy atom. The van der Waals surface area contributed by atoms with E-state index in [1.165, 1.54) is 40.2 Å². The second kappa shape index (κ2) is 9.15. The Kier molecular flexibility index (Phi) is 6.85. The molecule has 3 aliphatic rings. The van der Waals surface area contributed by atoms with Crippen molar-refractivity contribution in [1.82, 2.24) is 0 Å². The summed E-state index contributed by atoms with van der Waals surface area (Å²) in [5.74, 6) is -3.36. The minimum absolute atomic E-state index is 0.0772. The Hall–Kier alpha value is -2.91. The van der Waals surface area contributed by atoms with Gasteiger partial charge in [-0.25, -0.2) is 9.59 Å². The molecule has 3 heterocycles. The van der Waals surface area contributed by atoms with Gasteiger partial charge in [0.15, 0.2) is 6.10 Å². The Balaban J connectivity index is 2.15. The zero-order chi connectivity index (χ0) is 24.6. The van der Waals surface area contributed by atoms with Crippen LogP contribution in [0.25, 0.3) is 0 Å². The van der Waals surface area contributed by atoms with Crippen molar-refractivity contribution in [2.24, 2.45) is 5.92 Å². The molecule has 1 fully saturated rings. The molecule has 1 saturated heterocycles. The summed E-state index contributed by atoms with van der Waals surface area (Å²) in [6.45, 7) is 8.61. The summed E-state index contributed by atoms with van der Waals surface area (Å²) in [6, 6.07) is 0. The summed E-state index contributed by atoms with van der Waals surface area (Å²) in [7, 11) is 2.68. The second-order valence-electron chi connectivity index (χ2n) is 8.83. The largest absolute Gasteiger partial charge is 0.465 e. The third kappa shape index (κ3) is 5.04. The number of allylic oxidation sites excluding steroid dienone is 3. The molecule has 0 saturated carbocycles. The van der Waals surface area contributed by atoms with Gasteiger partial charge in [-0.3, -0.25) is 4.79 Å². The molecule has 0 radical (unpaired) electrons. The van der Waals surface area contributed by atoms with Crippen molar-refractivity contribution < 1.29 is 43.2 Å². The number of carbonyl (C=O) groups is 3. The zero-order valence-corrected chi connectivity index (χ0v) is 19.5. The summed E-state index contributed by atoms with van der Waals surface area (Å²) in [5, 5.41) is 11.1. The van der Waals surface area contributed by atoms with Crippen LogP contribution in [0.4, 0.5) is 0 Å². The molecule has 0 aliphatic carbocycles. The van der Waals surface area contributed by atoms with Crippen LogP contribution >= 0.6 is 0 Å². The predicted molar refractivity (Wildman–Crippen MR) is 115 cm³/mol. The Morgan fingerprint density at radius 1 is 1.24 bits per heavy atom. The predicted octanol–water partition coefficient (Wildman–Crippen LogP) is 2.25. The van der Waals surface area contributed by atoms with Gasteiger partial charge in [-0.05, 0) is 38.3 Å². The first-order valence-electron chi connectivity index (χ1n) is 10.6. The quantitative estimate of drug-likeness (QED) is 0.381. The fraction of sp³-hybridized carbons (Fsp3) is 0.542. The molecule has 1 N–H and O–H groups in total. The molecular formula is C24H30O9. The summed E-state index contributed by atoms with van der Waals surface area (Å²) in [6.07, 6.45) is 3.09. The maximum absolute atomic E-state index is 12.6. The zero-order valence-electron chi connectivity index (χ0n) is 19.5. The van der Waals surface area contributed by atoms with E-state index in [1.807, 2.05) is 6.92 Å². The SMILES string of the molecule is C=C(C)C1CC=C2C(=O)OC(CC(C)(O)C=C3C=C(C(=O)OC)C(OC)(C1)O3)C2OC(C)=O. The van der Waals surface area contributed by atoms with Crippen LogP contribution < -0.4 is 0 Å². The molecule has 3 aliphatic heterocycles. The normalized spacial score (nSPS) is 33.7. The Morgan fingerprint density at radius 2 is 1.94 bits per heavy atom. The molecule has 5 unspecified atom stereocenters. The van der Waals surface area contributed by atoms with Crippen LogP contribution in [0.2, 0.25) is 0 Å². The highest BCUT2D eigenvalue weighted by molar-refractivity contribution is 5.93. The number of ether oxygens (including phenoxy) is 5. The average molecular weight is 462 g/mol. The van der Waals surface area contributed by atoms with E-state index in [2.05, 4.69) is 6.58 Å². The van der Waals surface area contributed by atoms with Gasteiger partial charge in [-0.2, -0.15) is 0 Å². The number of rotatable bonds is 4. The molecule has 9 heteroatoms. The number of carbonyl (C=O) groups excluding carboxylic acids is 3. The molecule has 9 nitrogen and oxygen atoms in total. The minimum Gasteiger partial charge on any atom is -0.465 e. The van der Waals surface area contributed by atoms with Gasteiger partial charge in [-0.1, -0.05) is 18.2 Å². The van der Waals surface area contributed by atoms with E-state index < -0.39 is 41.5 Å². The number of aliphatic hydroxyl groups is 1. The third-order valence-electron chi connectivity index (χ3n) is 6.05. The van der Waals surface area contributed by atoms with Crippen LogP contribution in [-0.2, 0) is 38.1 Å². The average Bonchev–Trinajstić information content (AvgIpc) is 3.20. The van der Waals surface area contributed by atoms with Gasteiger partial charge in [0.2, 0.25) is 5.79 Å². The first-order chi connectivity index (χ1) is 15.4. The van der Waals surface area contributed by atoms with Gasteiger partial charge in [0, 0.05) is 26.9 Å². The maximum Gasteiger partial charge on any atom is 0.340 e. The van der Waals surface area contributed by atoms with Crippen molar-refractivity contribution in [3.8, 4) is 0 Å². The molecule has 0 aromatic rings. The van der Waals surface area contributed by atoms with E-state index in [9.17, 15) is 19.5 Å². The van der Waals surface area contributed by atoms with E-state index in [0.29, 0.717) is 6.42 Å². The number of methoxy groups -OCH3 is 2. The number of fused-ring (bicyclic) bond motifs is 4. The van der Waals surface area contributed by atoms with Gasteiger partial charge >= 0.3 is 17.9 Å². The number of hydrogen-bond donors (Lipinski definition) is 1. The molecule has 4 bridgehead atoms. The van der Waals surface area contributed by atoms with E-state index in [-0.39, 0.29) is 35.7 Å². The molecule has 5 atom stereocenters. The van der Waals surface area contributed by atoms with E-state index in [0.717, 1.165) is 5.57 Å². The fourth-order valence-electron chi connectivity index (χ4n) is 4.38. The summed E-state index contributed by atoms with van der Waals surface area (Å²) >= 11 is 0. The highest BCUT2D eigenvalue weighted by atomic mass is 16.7. The molecule has 0 spiro atoms. The molecule has 3 rings (SSSR count). The fourth-order valence-corrected chi connectivity index (χ4v) is 4.38. The Bertz CT molecular complexity index is 955. The van der Waals surface area contributed by atoms with Crippen molar-refractivity contribution in [1.29, 1.82) is 0 Å². The number of hydrogen-bond acceptors (Lipinski definition) is 9. The Labute approximate surface area is 192 Å². The summed E-state index contributed by atoms with van der Waals surface area (Å²) < 4.78 is 27.6. The van der Waals surface area contributed by atoms with Gasteiger partial charge in [0.05, 0.1) is 18.3 Å². The molecule has 0 aromatic carbocycles. The van der Waals surface area contributed by atoms with E-state index in [1.54, 1.807) is 6.08 Å². The monoisotopic (exact) mass is 462 g/mol. The minimum atomic E-state index is -1.54. The smallest absolute Gasteiger partial charge is 0.340 e. The van der Waals surface area contributed by atoms with Crippen molar-refractivity contribution in [2.45, 2.75) is 63.6 Å². The molecular weight excluding hydrogens is 432 g/mol.